The molecule has 1 N–H and O–H groups in total. The highest BCUT2D eigenvalue weighted by Crippen LogP contribution is 2.25. The average Bonchev–Trinajstić information content (AvgIpc) is 2.48. The summed E-state index contributed by atoms with van der Waals surface area (Å²) >= 11 is 0. The maximum atomic E-state index is 10.4. The number of nitrogens with zero attached hydrogens (tertiary/aromatic N) is 1. The van der Waals surface area contributed by atoms with Crippen molar-refractivity contribution < 1.29 is 9.84 Å². The number of hydrogen-bond donors (Lipinski definition) is 1. The normalized spacial score (nSPS) is 21.2. The van der Waals surface area contributed by atoms with Crippen molar-refractivity contribution in [2.75, 3.05) is 26.8 Å². The summed E-state index contributed by atoms with van der Waals surface area (Å²) in [7, 11) is 1.77. The molecule has 1 aliphatic heterocycles. The predicted molar refractivity (Wildman–Crippen MR) is 77.0 cm³/mol. The molecule has 106 valence electrons. The minimum Gasteiger partial charge on any atom is -0.387 e. The maximum absolute atomic E-state index is 10.4. The minimum absolute atomic E-state index is 0.172. The van der Waals surface area contributed by atoms with Crippen molar-refractivity contribution >= 4 is 0 Å². The van der Waals surface area contributed by atoms with Crippen LogP contribution >= 0.6 is 0 Å². The van der Waals surface area contributed by atoms with E-state index in [0.29, 0.717) is 5.92 Å². The lowest BCUT2D eigenvalue weighted by molar-refractivity contribution is 0.0252. The number of ether oxygens (including phenoxy) is 1. The van der Waals surface area contributed by atoms with E-state index in [1.54, 1.807) is 7.11 Å². The van der Waals surface area contributed by atoms with Crippen molar-refractivity contribution in [3.05, 3.63) is 35.9 Å². The van der Waals surface area contributed by atoms with Gasteiger partial charge in [0.2, 0.25) is 0 Å². The number of rotatable bonds is 5. The summed E-state index contributed by atoms with van der Waals surface area (Å²) in [5.41, 5.74) is 1.01. The smallest absolute Gasteiger partial charge is 0.0942 e. The molecule has 1 aromatic rings. The standard InChI is InChI=1S/C16H25NO2/c1-13(16(18)15-6-4-3-5-7-15)17-10-8-14(9-11-17)12-19-2/h3-7,13-14,16,18H,8-12H2,1-2H3. The lowest BCUT2D eigenvalue weighted by atomic mass is 9.94. The van der Waals surface area contributed by atoms with Gasteiger partial charge in [-0.25, -0.2) is 0 Å². The molecule has 0 bridgehead atoms. The lowest BCUT2D eigenvalue weighted by Gasteiger charge is -2.37. The van der Waals surface area contributed by atoms with Crippen LogP contribution in [0.2, 0.25) is 0 Å². The second-order valence-corrected chi connectivity index (χ2v) is 5.53. The first kappa shape index (κ1) is 14.5. The van der Waals surface area contributed by atoms with E-state index in [1.807, 2.05) is 30.3 Å². The Morgan fingerprint density at radius 3 is 2.47 bits per heavy atom. The van der Waals surface area contributed by atoms with Gasteiger partial charge in [-0.05, 0) is 44.3 Å². The number of aliphatic hydroxyl groups excluding tert-OH is 1. The summed E-state index contributed by atoms with van der Waals surface area (Å²) in [6.07, 6.45) is 1.93. The topological polar surface area (TPSA) is 32.7 Å². The molecule has 0 aliphatic carbocycles. The van der Waals surface area contributed by atoms with Gasteiger partial charge in [-0.2, -0.15) is 0 Å². The van der Waals surface area contributed by atoms with E-state index < -0.39 is 6.10 Å². The third-order valence-corrected chi connectivity index (χ3v) is 4.23. The molecule has 2 rings (SSSR count). The Morgan fingerprint density at radius 2 is 1.89 bits per heavy atom. The average molecular weight is 263 g/mol. The van der Waals surface area contributed by atoms with E-state index >= 15 is 0 Å². The lowest BCUT2D eigenvalue weighted by Crippen LogP contribution is -2.43. The molecule has 2 unspecified atom stereocenters. The van der Waals surface area contributed by atoms with Crippen LogP contribution in [0.1, 0.15) is 31.4 Å². The maximum Gasteiger partial charge on any atom is 0.0942 e. The van der Waals surface area contributed by atoms with E-state index in [2.05, 4.69) is 11.8 Å². The predicted octanol–water partition coefficient (Wildman–Crippen LogP) is 2.47. The molecule has 0 saturated carbocycles. The number of piperidine rings is 1. The summed E-state index contributed by atoms with van der Waals surface area (Å²) in [4.78, 5) is 2.39. The Bertz CT molecular complexity index is 360. The third-order valence-electron chi connectivity index (χ3n) is 4.23. The zero-order valence-electron chi connectivity index (χ0n) is 12.0. The summed E-state index contributed by atoms with van der Waals surface area (Å²) in [5.74, 6) is 0.683. The van der Waals surface area contributed by atoms with Crippen LogP contribution in [0.3, 0.4) is 0 Å². The molecule has 0 radical (unpaired) electrons. The van der Waals surface area contributed by atoms with Crippen LogP contribution in [0, 0.1) is 5.92 Å². The van der Waals surface area contributed by atoms with Crippen molar-refractivity contribution in [2.45, 2.75) is 31.9 Å². The molecule has 3 heteroatoms. The summed E-state index contributed by atoms with van der Waals surface area (Å²) in [6.45, 7) is 5.09. The van der Waals surface area contributed by atoms with E-state index in [-0.39, 0.29) is 6.04 Å². The highest BCUT2D eigenvalue weighted by atomic mass is 16.5. The quantitative estimate of drug-likeness (QED) is 0.886. The van der Waals surface area contributed by atoms with Gasteiger partial charge in [0, 0.05) is 19.8 Å². The largest absolute Gasteiger partial charge is 0.387 e. The van der Waals surface area contributed by atoms with Crippen LogP contribution in [0.5, 0.6) is 0 Å². The molecule has 1 saturated heterocycles. The SMILES string of the molecule is COCC1CCN(C(C)C(O)c2ccccc2)CC1. The van der Waals surface area contributed by atoms with Gasteiger partial charge >= 0.3 is 0 Å². The van der Waals surface area contributed by atoms with Gasteiger partial charge in [0.05, 0.1) is 6.10 Å². The van der Waals surface area contributed by atoms with Gasteiger partial charge in [0.25, 0.3) is 0 Å². The van der Waals surface area contributed by atoms with Gasteiger partial charge in [-0.15, -0.1) is 0 Å². The molecular formula is C16H25NO2. The molecule has 2 atom stereocenters. The monoisotopic (exact) mass is 263 g/mol. The summed E-state index contributed by atoms with van der Waals surface area (Å²) in [6, 6.07) is 10.1. The van der Waals surface area contributed by atoms with Crippen molar-refractivity contribution in [2.24, 2.45) is 5.92 Å². The molecule has 1 aromatic carbocycles. The van der Waals surface area contributed by atoms with E-state index in [9.17, 15) is 5.11 Å². The zero-order valence-corrected chi connectivity index (χ0v) is 12.0. The molecule has 19 heavy (non-hydrogen) atoms. The minimum atomic E-state index is -0.403. The molecular weight excluding hydrogens is 238 g/mol. The highest BCUT2D eigenvalue weighted by molar-refractivity contribution is 5.18. The first-order chi connectivity index (χ1) is 9.22. The Balaban J connectivity index is 1.89. The van der Waals surface area contributed by atoms with Gasteiger partial charge in [0.15, 0.2) is 0 Å². The molecule has 1 fully saturated rings. The fraction of sp³-hybridized carbons (Fsp3) is 0.625. The van der Waals surface area contributed by atoms with E-state index in [4.69, 9.17) is 4.74 Å². The first-order valence-corrected chi connectivity index (χ1v) is 7.18. The zero-order chi connectivity index (χ0) is 13.7. The van der Waals surface area contributed by atoms with Gasteiger partial charge in [-0.3, -0.25) is 4.90 Å². The third kappa shape index (κ3) is 3.78. The first-order valence-electron chi connectivity index (χ1n) is 7.18. The Morgan fingerprint density at radius 1 is 1.26 bits per heavy atom. The van der Waals surface area contributed by atoms with Crippen molar-refractivity contribution in [3.8, 4) is 0 Å². The van der Waals surface area contributed by atoms with Crippen LogP contribution < -0.4 is 0 Å². The van der Waals surface area contributed by atoms with Crippen LogP contribution in [-0.2, 0) is 4.74 Å². The number of methoxy groups -OCH3 is 1. The van der Waals surface area contributed by atoms with Gasteiger partial charge in [0.1, 0.15) is 0 Å². The van der Waals surface area contributed by atoms with Crippen molar-refractivity contribution in [1.29, 1.82) is 0 Å². The van der Waals surface area contributed by atoms with Gasteiger partial charge < -0.3 is 9.84 Å². The second-order valence-electron chi connectivity index (χ2n) is 5.53. The summed E-state index contributed by atoms with van der Waals surface area (Å²) < 4.78 is 5.23. The number of aliphatic hydroxyl groups is 1. The molecule has 1 heterocycles. The van der Waals surface area contributed by atoms with Crippen molar-refractivity contribution in [1.82, 2.24) is 4.90 Å². The Labute approximate surface area is 116 Å². The van der Waals surface area contributed by atoms with Crippen LogP contribution in [0.4, 0.5) is 0 Å². The molecule has 1 aliphatic rings. The number of hydrogen-bond acceptors (Lipinski definition) is 3. The van der Waals surface area contributed by atoms with Crippen LogP contribution in [0.25, 0.3) is 0 Å². The van der Waals surface area contributed by atoms with Gasteiger partial charge in [-0.1, -0.05) is 30.3 Å². The second kappa shape index (κ2) is 7.04. The fourth-order valence-electron chi connectivity index (χ4n) is 2.89. The van der Waals surface area contributed by atoms with Crippen molar-refractivity contribution in [3.63, 3.8) is 0 Å². The highest BCUT2D eigenvalue weighted by Gasteiger charge is 2.27. The molecule has 3 nitrogen and oxygen atoms in total. The number of benzene rings is 1. The molecule has 0 amide bonds. The Kier molecular flexibility index (Phi) is 5.37. The Hall–Kier alpha value is -0.900. The fourth-order valence-corrected chi connectivity index (χ4v) is 2.89. The molecule has 0 spiro atoms. The van der Waals surface area contributed by atoms with E-state index in [1.165, 1.54) is 12.8 Å². The molecule has 0 aromatic heterocycles. The summed E-state index contributed by atoms with van der Waals surface area (Å²) in [5, 5.41) is 10.4. The number of likely N-dealkylation sites (tertiary alicyclic amines) is 1. The van der Waals surface area contributed by atoms with Crippen LogP contribution in [0.15, 0.2) is 30.3 Å². The van der Waals surface area contributed by atoms with Crippen LogP contribution in [-0.4, -0.2) is 42.9 Å². The van der Waals surface area contributed by atoms with E-state index in [0.717, 1.165) is 25.3 Å².